The highest BCUT2D eigenvalue weighted by molar-refractivity contribution is 5.78. The average Bonchev–Trinajstić information content (AvgIpc) is 2.28. The molecule has 1 fully saturated rings. The van der Waals surface area contributed by atoms with Crippen LogP contribution in [-0.2, 0) is 9.59 Å². The second kappa shape index (κ2) is 6.86. The van der Waals surface area contributed by atoms with Crippen LogP contribution < -0.4 is 16.4 Å². The Labute approximate surface area is 115 Å². The number of likely N-dealkylation sites (tertiary alicyclic amines) is 1. The number of piperidine rings is 1. The molecular formula is C13H26N4O2. The van der Waals surface area contributed by atoms with Crippen LogP contribution in [0.3, 0.4) is 0 Å². The summed E-state index contributed by atoms with van der Waals surface area (Å²) < 4.78 is 0. The molecule has 0 atom stereocenters. The topological polar surface area (TPSA) is 87.5 Å². The summed E-state index contributed by atoms with van der Waals surface area (Å²) in [6.07, 6.45) is 1.74. The molecule has 0 spiro atoms. The predicted molar refractivity (Wildman–Crippen MR) is 74.6 cm³/mol. The molecule has 6 nitrogen and oxygen atoms in total. The molecule has 1 aliphatic heterocycles. The summed E-state index contributed by atoms with van der Waals surface area (Å²) in [6.45, 7) is 8.35. The van der Waals surface area contributed by atoms with Gasteiger partial charge in [-0.15, -0.1) is 0 Å². The standard InChI is InChI=1S/C13H26N4O2/c1-13(2,3)15-8-12(19)16-10-4-6-17(7-5-10)9-11(14)18/h10,15H,4-9H2,1-3H3,(H2,14,18)(H,16,19). The van der Waals surface area contributed by atoms with Crippen molar-refractivity contribution in [2.45, 2.75) is 45.2 Å². The number of nitrogens with one attached hydrogen (secondary N) is 2. The van der Waals surface area contributed by atoms with Gasteiger partial charge in [-0.25, -0.2) is 0 Å². The maximum absolute atomic E-state index is 11.8. The molecule has 1 saturated heterocycles. The highest BCUT2D eigenvalue weighted by atomic mass is 16.2. The number of nitrogens with two attached hydrogens (primary N) is 1. The Morgan fingerprint density at radius 1 is 1.26 bits per heavy atom. The molecule has 0 bridgehead atoms. The number of carbonyl (C=O) groups is 2. The molecule has 2 amide bonds. The fourth-order valence-electron chi connectivity index (χ4n) is 2.08. The smallest absolute Gasteiger partial charge is 0.234 e. The van der Waals surface area contributed by atoms with Crippen LogP contribution in [0.5, 0.6) is 0 Å². The molecular weight excluding hydrogens is 244 g/mol. The summed E-state index contributed by atoms with van der Waals surface area (Å²) in [7, 11) is 0. The summed E-state index contributed by atoms with van der Waals surface area (Å²) in [5.74, 6) is -0.264. The number of rotatable bonds is 5. The highest BCUT2D eigenvalue weighted by Gasteiger charge is 2.21. The second-order valence-corrected chi connectivity index (χ2v) is 6.19. The van der Waals surface area contributed by atoms with Crippen LogP contribution in [0.15, 0.2) is 0 Å². The fourth-order valence-corrected chi connectivity index (χ4v) is 2.08. The number of nitrogens with zero attached hydrogens (tertiary/aromatic N) is 1. The summed E-state index contributed by atoms with van der Waals surface area (Å²) in [5.41, 5.74) is 5.11. The first-order valence-corrected chi connectivity index (χ1v) is 6.81. The number of amides is 2. The van der Waals surface area contributed by atoms with Crippen LogP contribution in [0, 0.1) is 0 Å². The van der Waals surface area contributed by atoms with Gasteiger partial charge in [0.15, 0.2) is 0 Å². The molecule has 0 aromatic rings. The molecule has 0 unspecified atom stereocenters. The molecule has 0 saturated carbocycles. The van der Waals surface area contributed by atoms with E-state index in [1.54, 1.807) is 0 Å². The van der Waals surface area contributed by atoms with Crippen molar-refractivity contribution in [2.24, 2.45) is 5.73 Å². The van der Waals surface area contributed by atoms with Crippen LogP contribution in [0.1, 0.15) is 33.6 Å². The molecule has 0 radical (unpaired) electrons. The van der Waals surface area contributed by atoms with Gasteiger partial charge in [0, 0.05) is 24.7 Å². The summed E-state index contributed by atoms with van der Waals surface area (Å²) in [4.78, 5) is 24.6. The first-order chi connectivity index (χ1) is 8.76. The van der Waals surface area contributed by atoms with E-state index >= 15 is 0 Å². The molecule has 1 rings (SSSR count). The minimum absolute atomic E-state index is 0.0308. The third kappa shape index (κ3) is 7.12. The normalized spacial score (nSPS) is 18.3. The fraction of sp³-hybridized carbons (Fsp3) is 0.846. The van der Waals surface area contributed by atoms with Gasteiger partial charge in [-0.3, -0.25) is 14.5 Å². The van der Waals surface area contributed by atoms with E-state index < -0.39 is 0 Å². The lowest BCUT2D eigenvalue weighted by molar-refractivity contribution is -0.122. The van der Waals surface area contributed by atoms with E-state index in [-0.39, 0.29) is 23.4 Å². The lowest BCUT2D eigenvalue weighted by Crippen LogP contribution is -2.50. The molecule has 1 aliphatic rings. The molecule has 0 aromatic heterocycles. The van der Waals surface area contributed by atoms with Crippen molar-refractivity contribution in [2.75, 3.05) is 26.2 Å². The largest absolute Gasteiger partial charge is 0.369 e. The van der Waals surface area contributed by atoms with Gasteiger partial charge in [-0.1, -0.05) is 0 Å². The van der Waals surface area contributed by atoms with E-state index in [0.717, 1.165) is 25.9 Å². The molecule has 6 heteroatoms. The Kier molecular flexibility index (Phi) is 5.75. The minimum atomic E-state index is -0.295. The number of primary amides is 1. The van der Waals surface area contributed by atoms with Crippen LogP contribution in [0.2, 0.25) is 0 Å². The minimum Gasteiger partial charge on any atom is -0.369 e. The molecule has 110 valence electrons. The van der Waals surface area contributed by atoms with Crippen LogP contribution in [-0.4, -0.2) is 54.5 Å². The van der Waals surface area contributed by atoms with Crippen molar-refractivity contribution in [3.8, 4) is 0 Å². The van der Waals surface area contributed by atoms with Gasteiger partial charge in [0.1, 0.15) is 0 Å². The number of carbonyl (C=O) groups excluding carboxylic acids is 2. The van der Waals surface area contributed by atoms with Crippen molar-refractivity contribution in [3.05, 3.63) is 0 Å². The van der Waals surface area contributed by atoms with Crippen molar-refractivity contribution >= 4 is 11.8 Å². The molecule has 19 heavy (non-hydrogen) atoms. The molecule has 4 N–H and O–H groups in total. The lowest BCUT2D eigenvalue weighted by Gasteiger charge is -2.31. The van der Waals surface area contributed by atoms with Gasteiger partial charge in [-0.2, -0.15) is 0 Å². The van der Waals surface area contributed by atoms with Crippen LogP contribution in [0.4, 0.5) is 0 Å². The van der Waals surface area contributed by atoms with Gasteiger partial charge >= 0.3 is 0 Å². The SMILES string of the molecule is CC(C)(C)NCC(=O)NC1CCN(CC(N)=O)CC1. The molecule has 1 heterocycles. The summed E-state index contributed by atoms with van der Waals surface area (Å²) in [6, 6.07) is 0.207. The number of hydrogen-bond donors (Lipinski definition) is 3. The summed E-state index contributed by atoms with van der Waals surface area (Å²) in [5, 5.41) is 6.18. The van der Waals surface area contributed by atoms with E-state index in [4.69, 9.17) is 5.73 Å². The third-order valence-corrected chi connectivity index (χ3v) is 3.11. The molecule has 0 aromatic carbocycles. The first-order valence-electron chi connectivity index (χ1n) is 6.81. The van der Waals surface area contributed by atoms with Gasteiger partial charge in [0.25, 0.3) is 0 Å². The van der Waals surface area contributed by atoms with Gasteiger partial charge in [0.2, 0.25) is 11.8 Å². The second-order valence-electron chi connectivity index (χ2n) is 6.19. The Morgan fingerprint density at radius 2 is 1.84 bits per heavy atom. The number of hydrogen-bond acceptors (Lipinski definition) is 4. The summed E-state index contributed by atoms with van der Waals surface area (Å²) >= 11 is 0. The van der Waals surface area contributed by atoms with Crippen molar-refractivity contribution in [1.29, 1.82) is 0 Å². The third-order valence-electron chi connectivity index (χ3n) is 3.11. The quantitative estimate of drug-likeness (QED) is 0.625. The zero-order chi connectivity index (χ0) is 14.5. The van der Waals surface area contributed by atoms with E-state index in [1.807, 2.05) is 25.7 Å². The van der Waals surface area contributed by atoms with E-state index in [0.29, 0.717) is 13.1 Å². The maximum atomic E-state index is 11.8. The van der Waals surface area contributed by atoms with Crippen LogP contribution in [0.25, 0.3) is 0 Å². The Bertz CT molecular complexity index is 317. The van der Waals surface area contributed by atoms with E-state index in [1.165, 1.54) is 0 Å². The zero-order valence-corrected chi connectivity index (χ0v) is 12.2. The van der Waals surface area contributed by atoms with Crippen molar-refractivity contribution in [1.82, 2.24) is 15.5 Å². The van der Waals surface area contributed by atoms with Crippen molar-refractivity contribution in [3.63, 3.8) is 0 Å². The Balaban J connectivity index is 2.21. The average molecular weight is 270 g/mol. The van der Waals surface area contributed by atoms with Gasteiger partial charge in [0.05, 0.1) is 13.1 Å². The van der Waals surface area contributed by atoms with Crippen LogP contribution >= 0.6 is 0 Å². The lowest BCUT2D eigenvalue weighted by atomic mass is 10.0. The Hall–Kier alpha value is -1.14. The van der Waals surface area contributed by atoms with Gasteiger partial charge in [-0.05, 0) is 33.6 Å². The Morgan fingerprint density at radius 3 is 2.32 bits per heavy atom. The van der Waals surface area contributed by atoms with Gasteiger partial charge < -0.3 is 16.4 Å². The predicted octanol–water partition coefficient (Wildman–Crippen LogP) is -0.560. The zero-order valence-electron chi connectivity index (χ0n) is 12.2. The first kappa shape index (κ1) is 15.9. The maximum Gasteiger partial charge on any atom is 0.234 e. The van der Waals surface area contributed by atoms with E-state index in [2.05, 4.69) is 10.6 Å². The highest BCUT2D eigenvalue weighted by Crippen LogP contribution is 2.09. The van der Waals surface area contributed by atoms with E-state index in [9.17, 15) is 9.59 Å². The molecule has 0 aliphatic carbocycles. The van der Waals surface area contributed by atoms with Crippen molar-refractivity contribution < 1.29 is 9.59 Å². The monoisotopic (exact) mass is 270 g/mol.